The largest absolute Gasteiger partial charge is 0.354 e. The molecule has 0 aliphatic carbocycles. The molecule has 0 atom stereocenters. The zero-order valence-corrected chi connectivity index (χ0v) is 15.2. The molecule has 1 amide bonds. The fraction of sp³-hybridized carbons (Fsp3) is 0.421. The Morgan fingerprint density at radius 2 is 1.80 bits per heavy atom. The van der Waals surface area contributed by atoms with Crippen molar-refractivity contribution in [3.8, 4) is 0 Å². The minimum atomic E-state index is -2.89. The lowest BCUT2D eigenvalue weighted by Gasteiger charge is -2.33. The van der Waals surface area contributed by atoms with Gasteiger partial charge in [0.05, 0.1) is 11.5 Å². The third-order valence-corrected chi connectivity index (χ3v) is 6.59. The van der Waals surface area contributed by atoms with Crippen molar-refractivity contribution in [1.29, 1.82) is 0 Å². The average molecular weight is 360 g/mol. The highest BCUT2D eigenvalue weighted by Gasteiger charge is 2.33. The molecule has 2 heterocycles. The van der Waals surface area contributed by atoms with Crippen LogP contribution in [0.25, 0.3) is 0 Å². The van der Waals surface area contributed by atoms with E-state index in [1.165, 1.54) is 5.56 Å². The molecule has 0 radical (unpaired) electrons. The first-order valence-corrected chi connectivity index (χ1v) is 10.4. The van der Waals surface area contributed by atoms with Crippen molar-refractivity contribution in [1.82, 2.24) is 10.3 Å². The highest BCUT2D eigenvalue weighted by molar-refractivity contribution is 7.91. The van der Waals surface area contributed by atoms with Crippen LogP contribution in [0, 0.1) is 5.41 Å². The molecule has 3 rings (SSSR count). The molecule has 0 unspecified atom stereocenters. The van der Waals surface area contributed by atoms with Gasteiger partial charge < -0.3 is 10.3 Å². The molecule has 1 aliphatic heterocycles. The van der Waals surface area contributed by atoms with Gasteiger partial charge in [0.25, 0.3) is 5.91 Å². The van der Waals surface area contributed by atoms with E-state index in [0.29, 0.717) is 25.1 Å². The van der Waals surface area contributed by atoms with Crippen LogP contribution in [0.5, 0.6) is 0 Å². The Labute approximate surface area is 148 Å². The van der Waals surface area contributed by atoms with E-state index in [0.717, 1.165) is 12.1 Å². The first kappa shape index (κ1) is 17.7. The van der Waals surface area contributed by atoms with Crippen LogP contribution in [0.4, 0.5) is 0 Å². The van der Waals surface area contributed by atoms with Crippen LogP contribution in [-0.4, -0.2) is 37.4 Å². The monoisotopic (exact) mass is 360 g/mol. The van der Waals surface area contributed by atoms with E-state index < -0.39 is 9.84 Å². The summed E-state index contributed by atoms with van der Waals surface area (Å²) in [4.78, 5) is 15.5. The molecule has 1 fully saturated rings. The Hall–Kier alpha value is -2.08. The third-order valence-electron chi connectivity index (χ3n) is 4.94. The maximum absolute atomic E-state index is 12.4. The Kier molecular flexibility index (Phi) is 4.99. The van der Waals surface area contributed by atoms with Gasteiger partial charge in [0.1, 0.15) is 15.5 Å². The van der Waals surface area contributed by atoms with Crippen LogP contribution in [-0.2, 0) is 16.3 Å². The lowest BCUT2D eigenvalue weighted by Crippen LogP contribution is -2.41. The van der Waals surface area contributed by atoms with Crippen LogP contribution in [0.1, 0.15) is 41.5 Å². The summed E-state index contributed by atoms with van der Waals surface area (Å²) in [5.41, 5.74) is 2.57. The van der Waals surface area contributed by atoms with Crippen molar-refractivity contribution in [3.63, 3.8) is 0 Å². The number of hydrogen-bond donors (Lipinski definition) is 2. The van der Waals surface area contributed by atoms with E-state index in [9.17, 15) is 13.2 Å². The maximum Gasteiger partial charge on any atom is 0.267 e. The molecule has 1 saturated heterocycles. The van der Waals surface area contributed by atoms with Crippen molar-refractivity contribution >= 4 is 15.7 Å². The Morgan fingerprint density at radius 1 is 1.12 bits per heavy atom. The number of nitrogens with one attached hydrogen (secondary N) is 2. The Bertz CT molecular complexity index is 827. The van der Waals surface area contributed by atoms with Crippen molar-refractivity contribution in [2.45, 2.75) is 26.2 Å². The van der Waals surface area contributed by atoms with Gasteiger partial charge in [0.15, 0.2) is 0 Å². The maximum atomic E-state index is 12.4. The number of H-pyrrole nitrogens is 1. The smallest absolute Gasteiger partial charge is 0.267 e. The van der Waals surface area contributed by atoms with Gasteiger partial charge in [-0.15, -0.1) is 0 Å². The summed E-state index contributed by atoms with van der Waals surface area (Å²) in [7, 11) is -2.89. The summed E-state index contributed by atoms with van der Waals surface area (Å²) in [6, 6.07) is 13.8. The van der Waals surface area contributed by atoms with Crippen LogP contribution in [0.2, 0.25) is 0 Å². The van der Waals surface area contributed by atoms with Gasteiger partial charge in [-0.1, -0.05) is 37.3 Å². The summed E-state index contributed by atoms with van der Waals surface area (Å²) in [6.45, 7) is 2.53. The quantitative estimate of drug-likeness (QED) is 0.860. The van der Waals surface area contributed by atoms with Crippen LogP contribution < -0.4 is 5.32 Å². The Morgan fingerprint density at radius 3 is 2.48 bits per heavy atom. The molecule has 2 aromatic rings. The standard InChI is InChI=1S/C19H24N2O3S/c1-19(9-11-25(23,24)12-10-19)14-20-18(22)17-8-7-16(21-17)13-15-5-3-2-4-6-15/h2-8,21H,9-14H2,1H3,(H,20,22). The molecular formula is C19H24N2O3S. The van der Waals surface area contributed by atoms with Crippen molar-refractivity contribution < 1.29 is 13.2 Å². The van der Waals surface area contributed by atoms with Crippen LogP contribution >= 0.6 is 0 Å². The molecule has 0 spiro atoms. The molecule has 134 valence electrons. The van der Waals surface area contributed by atoms with E-state index >= 15 is 0 Å². The second kappa shape index (κ2) is 7.04. The van der Waals surface area contributed by atoms with E-state index in [1.807, 2.05) is 31.2 Å². The van der Waals surface area contributed by atoms with Gasteiger partial charge in [-0.25, -0.2) is 8.42 Å². The fourth-order valence-electron chi connectivity index (χ4n) is 3.09. The zero-order valence-electron chi connectivity index (χ0n) is 14.4. The number of hydrogen-bond acceptors (Lipinski definition) is 3. The van der Waals surface area contributed by atoms with Crippen molar-refractivity contribution in [2.24, 2.45) is 5.41 Å². The lowest BCUT2D eigenvalue weighted by molar-refractivity contribution is 0.0926. The summed E-state index contributed by atoms with van der Waals surface area (Å²) in [5, 5.41) is 2.95. The molecule has 25 heavy (non-hydrogen) atoms. The normalized spacial score (nSPS) is 18.6. The Balaban J connectivity index is 1.55. The van der Waals surface area contributed by atoms with Gasteiger partial charge >= 0.3 is 0 Å². The third kappa shape index (κ3) is 4.72. The summed E-state index contributed by atoms with van der Waals surface area (Å²) in [6.07, 6.45) is 1.95. The molecular weight excluding hydrogens is 336 g/mol. The lowest BCUT2D eigenvalue weighted by atomic mass is 9.84. The van der Waals surface area contributed by atoms with E-state index in [1.54, 1.807) is 6.07 Å². The fourth-order valence-corrected chi connectivity index (χ4v) is 4.90. The summed E-state index contributed by atoms with van der Waals surface area (Å²) in [5.74, 6) is 0.278. The summed E-state index contributed by atoms with van der Waals surface area (Å²) < 4.78 is 23.1. The van der Waals surface area contributed by atoms with Crippen molar-refractivity contribution in [3.05, 3.63) is 59.4 Å². The second-order valence-corrected chi connectivity index (χ2v) is 9.51. The molecule has 1 aromatic carbocycles. The molecule has 6 heteroatoms. The molecule has 1 aromatic heterocycles. The first-order valence-electron chi connectivity index (χ1n) is 8.56. The summed E-state index contributed by atoms with van der Waals surface area (Å²) >= 11 is 0. The second-order valence-electron chi connectivity index (χ2n) is 7.20. The van der Waals surface area contributed by atoms with Gasteiger partial charge in [0.2, 0.25) is 0 Å². The van der Waals surface area contributed by atoms with E-state index in [2.05, 4.69) is 22.4 Å². The topological polar surface area (TPSA) is 79.0 Å². The molecule has 5 nitrogen and oxygen atoms in total. The molecule has 2 N–H and O–H groups in total. The zero-order chi connectivity index (χ0) is 17.9. The highest BCUT2D eigenvalue weighted by atomic mass is 32.2. The number of aromatic amines is 1. The number of sulfone groups is 1. The van der Waals surface area contributed by atoms with Crippen LogP contribution in [0.15, 0.2) is 42.5 Å². The number of carbonyl (C=O) groups excluding carboxylic acids is 1. The SMILES string of the molecule is CC1(CNC(=O)c2ccc(Cc3ccccc3)[nH]2)CCS(=O)(=O)CC1. The van der Waals surface area contributed by atoms with E-state index in [-0.39, 0.29) is 22.8 Å². The molecule has 1 aliphatic rings. The number of aromatic nitrogens is 1. The number of benzene rings is 1. The minimum Gasteiger partial charge on any atom is -0.354 e. The first-order chi connectivity index (χ1) is 11.9. The molecule has 0 bridgehead atoms. The van der Waals surface area contributed by atoms with Gasteiger partial charge in [-0.05, 0) is 36.0 Å². The highest BCUT2D eigenvalue weighted by Crippen LogP contribution is 2.31. The number of carbonyl (C=O) groups is 1. The van der Waals surface area contributed by atoms with Gasteiger partial charge in [0, 0.05) is 18.7 Å². The average Bonchev–Trinajstić information content (AvgIpc) is 3.06. The van der Waals surface area contributed by atoms with E-state index in [4.69, 9.17) is 0 Å². The van der Waals surface area contributed by atoms with Gasteiger partial charge in [-0.3, -0.25) is 4.79 Å². The number of amides is 1. The van der Waals surface area contributed by atoms with Crippen LogP contribution in [0.3, 0.4) is 0 Å². The predicted octanol–water partition coefficient (Wildman–Crippen LogP) is 2.55. The van der Waals surface area contributed by atoms with Crippen molar-refractivity contribution in [2.75, 3.05) is 18.1 Å². The molecule has 0 saturated carbocycles. The minimum absolute atomic E-state index is 0.144. The predicted molar refractivity (Wildman–Crippen MR) is 98.4 cm³/mol. The van der Waals surface area contributed by atoms with Gasteiger partial charge in [-0.2, -0.15) is 0 Å². The number of rotatable bonds is 5.